The van der Waals surface area contributed by atoms with E-state index in [0.29, 0.717) is 12.8 Å². The van der Waals surface area contributed by atoms with Crippen molar-refractivity contribution in [2.45, 2.75) is 155 Å². The number of aliphatic carboxylic acids is 1. The highest BCUT2D eigenvalue weighted by atomic mass is 16.5. The summed E-state index contributed by atoms with van der Waals surface area (Å²) in [5.41, 5.74) is 0. The Balaban J connectivity index is 4.19. The number of esters is 1. The summed E-state index contributed by atoms with van der Waals surface area (Å²) in [7, 11) is 0. The predicted molar refractivity (Wildman–Crippen MR) is 181 cm³/mol. The van der Waals surface area contributed by atoms with Crippen LogP contribution in [-0.2, 0) is 14.3 Å². The molecule has 1 atom stereocenters. The molecule has 4 heteroatoms. The van der Waals surface area contributed by atoms with Crippen molar-refractivity contribution in [3.05, 3.63) is 72.9 Å². The number of allylic oxidation sites excluding steroid dienone is 11. The minimum atomic E-state index is -0.732. The molecule has 0 aliphatic rings. The molecule has 4 nitrogen and oxygen atoms in total. The van der Waals surface area contributed by atoms with Crippen molar-refractivity contribution < 1.29 is 19.4 Å². The summed E-state index contributed by atoms with van der Waals surface area (Å²) in [6.45, 7) is 4.39. The molecule has 0 fully saturated rings. The first kappa shape index (κ1) is 39.4. The van der Waals surface area contributed by atoms with Gasteiger partial charge in [0.05, 0.1) is 0 Å². The first-order valence-corrected chi connectivity index (χ1v) is 16.9. The fraction of sp³-hybridized carbons (Fsp3) is 0.632. The smallest absolute Gasteiger partial charge is 0.306 e. The van der Waals surface area contributed by atoms with Crippen LogP contribution in [0.25, 0.3) is 0 Å². The SMILES string of the molecule is CC/C=C\C/C=C\C/C=C\C/C=C\C/C=C\CCCC(=O)OC(/C=C\CCCCCCCC)CCCCCCC(=O)O. The molecule has 0 saturated heterocycles. The molecule has 0 aromatic carbocycles. The Labute approximate surface area is 258 Å². The van der Waals surface area contributed by atoms with Crippen molar-refractivity contribution in [3.8, 4) is 0 Å². The maximum absolute atomic E-state index is 12.5. The van der Waals surface area contributed by atoms with Crippen LogP contribution in [0.3, 0.4) is 0 Å². The van der Waals surface area contributed by atoms with Crippen molar-refractivity contribution in [1.82, 2.24) is 0 Å². The van der Waals surface area contributed by atoms with Crippen LogP contribution >= 0.6 is 0 Å². The fourth-order valence-electron chi connectivity index (χ4n) is 4.42. The Kier molecular flexibility index (Phi) is 30.8. The van der Waals surface area contributed by atoms with Gasteiger partial charge in [0.2, 0.25) is 0 Å². The van der Waals surface area contributed by atoms with Crippen molar-refractivity contribution in [1.29, 1.82) is 0 Å². The second-order valence-electron chi connectivity index (χ2n) is 11.0. The first-order valence-electron chi connectivity index (χ1n) is 16.9. The van der Waals surface area contributed by atoms with Gasteiger partial charge in [-0.2, -0.15) is 0 Å². The van der Waals surface area contributed by atoms with Crippen molar-refractivity contribution in [3.63, 3.8) is 0 Å². The van der Waals surface area contributed by atoms with E-state index in [9.17, 15) is 9.59 Å². The van der Waals surface area contributed by atoms with Crippen LogP contribution < -0.4 is 0 Å². The van der Waals surface area contributed by atoms with E-state index in [2.05, 4.69) is 86.8 Å². The largest absolute Gasteiger partial charge is 0.481 e. The molecule has 0 bridgehead atoms. The van der Waals surface area contributed by atoms with Crippen molar-refractivity contribution in [2.24, 2.45) is 0 Å². The van der Waals surface area contributed by atoms with Gasteiger partial charge >= 0.3 is 11.9 Å². The predicted octanol–water partition coefficient (Wildman–Crippen LogP) is 11.6. The molecular formula is C38H62O4. The number of hydrogen-bond acceptors (Lipinski definition) is 3. The van der Waals surface area contributed by atoms with Crippen molar-refractivity contribution >= 4 is 11.9 Å². The lowest BCUT2D eigenvalue weighted by molar-refractivity contribution is -0.147. The molecule has 0 aromatic rings. The molecule has 42 heavy (non-hydrogen) atoms. The molecule has 1 N–H and O–H groups in total. The van der Waals surface area contributed by atoms with E-state index in [0.717, 1.165) is 77.0 Å². The zero-order valence-electron chi connectivity index (χ0n) is 27.0. The molecule has 0 saturated carbocycles. The number of carboxylic acid groups (broad SMARTS) is 1. The first-order chi connectivity index (χ1) is 20.6. The third-order valence-corrected chi connectivity index (χ3v) is 6.90. The Morgan fingerprint density at radius 2 is 1.10 bits per heavy atom. The number of rotatable bonds is 29. The van der Waals surface area contributed by atoms with Gasteiger partial charge in [-0.25, -0.2) is 0 Å². The van der Waals surface area contributed by atoms with Gasteiger partial charge in [-0.3, -0.25) is 9.59 Å². The highest BCUT2D eigenvalue weighted by Gasteiger charge is 2.11. The molecule has 0 radical (unpaired) electrons. The summed E-state index contributed by atoms with van der Waals surface area (Å²) in [4.78, 5) is 23.2. The number of carbonyl (C=O) groups excluding carboxylic acids is 1. The summed E-state index contributed by atoms with van der Waals surface area (Å²) in [5.74, 6) is -0.855. The third kappa shape index (κ3) is 31.9. The molecule has 0 heterocycles. The lowest BCUT2D eigenvalue weighted by Crippen LogP contribution is -2.16. The Morgan fingerprint density at radius 1 is 0.571 bits per heavy atom. The normalized spacial score (nSPS) is 13.2. The van der Waals surface area contributed by atoms with E-state index >= 15 is 0 Å². The molecule has 0 amide bonds. The molecular weight excluding hydrogens is 520 g/mol. The van der Waals surface area contributed by atoms with Gasteiger partial charge in [-0.1, -0.05) is 126 Å². The zero-order chi connectivity index (χ0) is 30.8. The third-order valence-electron chi connectivity index (χ3n) is 6.90. The van der Waals surface area contributed by atoms with E-state index in [1.807, 2.05) is 0 Å². The molecule has 238 valence electrons. The molecule has 0 spiro atoms. The van der Waals surface area contributed by atoms with Crippen LogP contribution in [0.1, 0.15) is 149 Å². The average molecular weight is 583 g/mol. The lowest BCUT2D eigenvalue weighted by atomic mass is 10.1. The van der Waals surface area contributed by atoms with Gasteiger partial charge in [-0.05, 0) is 83.1 Å². The summed E-state index contributed by atoms with van der Waals surface area (Å²) in [5, 5.41) is 8.79. The van der Waals surface area contributed by atoms with E-state index < -0.39 is 5.97 Å². The van der Waals surface area contributed by atoms with Crippen LogP contribution in [0.5, 0.6) is 0 Å². The maximum Gasteiger partial charge on any atom is 0.306 e. The van der Waals surface area contributed by atoms with E-state index in [1.165, 1.54) is 38.5 Å². The standard InChI is InChI=1S/C38H62O4/c1-3-5-7-9-11-13-14-15-16-17-18-19-20-21-23-25-31-35-38(41)42-36(33-29-26-27-30-34-37(39)40)32-28-24-22-12-10-8-6-4-2/h5,7,11,13,15-16,18-19,21,23,28,32,36H,3-4,6,8-10,12,14,17,20,22,24-27,29-31,33-35H2,1-2H3,(H,39,40)/b7-5-,13-11-,16-15-,19-18-,23-21-,32-28-. The Bertz CT molecular complexity index is 800. The molecule has 0 aromatic heterocycles. The number of hydrogen-bond donors (Lipinski definition) is 1. The Hall–Kier alpha value is -2.62. The lowest BCUT2D eigenvalue weighted by Gasteiger charge is -2.14. The monoisotopic (exact) mass is 582 g/mol. The van der Waals surface area contributed by atoms with Gasteiger partial charge in [0.1, 0.15) is 6.10 Å². The molecule has 0 aliphatic carbocycles. The number of carbonyl (C=O) groups is 2. The zero-order valence-corrected chi connectivity index (χ0v) is 27.0. The highest BCUT2D eigenvalue weighted by molar-refractivity contribution is 5.69. The van der Waals surface area contributed by atoms with Gasteiger partial charge in [0.15, 0.2) is 0 Å². The minimum absolute atomic E-state index is 0.123. The second kappa shape index (κ2) is 32.9. The summed E-state index contributed by atoms with van der Waals surface area (Å²) in [6, 6.07) is 0. The van der Waals surface area contributed by atoms with Crippen LogP contribution in [0.4, 0.5) is 0 Å². The van der Waals surface area contributed by atoms with Crippen molar-refractivity contribution in [2.75, 3.05) is 0 Å². The summed E-state index contributed by atoms with van der Waals surface area (Å²) >= 11 is 0. The Morgan fingerprint density at radius 3 is 1.71 bits per heavy atom. The van der Waals surface area contributed by atoms with Gasteiger partial charge < -0.3 is 9.84 Å². The quantitative estimate of drug-likeness (QED) is 0.0541. The van der Waals surface area contributed by atoms with Crippen LogP contribution in [0.15, 0.2) is 72.9 Å². The second-order valence-corrected chi connectivity index (χ2v) is 11.0. The fourth-order valence-corrected chi connectivity index (χ4v) is 4.42. The van der Waals surface area contributed by atoms with Crippen LogP contribution in [0, 0.1) is 0 Å². The van der Waals surface area contributed by atoms with E-state index in [-0.39, 0.29) is 18.5 Å². The summed E-state index contributed by atoms with van der Waals surface area (Å²) < 4.78 is 5.82. The average Bonchev–Trinajstić information content (AvgIpc) is 2.97. The van der Waals surface area contributed by atoms with Gasteiger partial charge in [0, 0.05) is 12.8 Å². The van der Waals surface area contributed by atoms with Gasteiger partial charge in [0.25, 0.3) is 0 Å². The topological polar surface area (TPSA) is 63.6 Å². The van der Waals surface area contributed by atoms with E-state index in [1.54, 1.807) is 0 Å². The van der Waals surface area contributed by atoms with Crippen LogP contribution in [-0.4, -0.2) is 23.1 Å². The minimum Gasteiger partial charge on any atom is -0.481 e. The van der Waals surface area contributed by atoms with E-state index in [4.69, 9.17) is 9.84 Å². The molecule has 1 unspecified atom stereocenters. The maximum atomic E-state index is 12.5. The number of unbranched alkanes of at least 4 members (excludes halogenated alkanes) is 10. The van der Waals surface area contributed by atoms with Crippen LogP contribution in [0.2, 0.25) is 0 Å². The number of carboxylic acids is 1. The molecule has 0 rings (SSSR count). The summed E-state index contributed by atoms with van der Waals surface area (Å²) in [6.07, 6.45) is 46.3. The number of ether oxygens (including phenoxy) is 1. The van der Waals surface area contributed by atoms with Gasteiger partial charge in [-0.15, -0.1) is 0 Å². The molecule has 0 aliphatic heterocycles. The highest BCUT2D eigenvalue weighted by Crippen LogP contribution is 2.14.